The van der Waals surface area contributed by atoms with Gasteiger partial charge in [-0.15, -0.1) is 6.54 Å². The minimum atomic E-state index is 0. The Labute approximate surface area is 97.3 Å². The maximum atomic E-state index is 6.40. The van der Waals surface area contributed by atoms with Gasteiger partial charge in [0.15, 0.2) is 0 Å². The second-order valence-electron chi connectivity index (χ2n) is 1.50. The van der Waals surface area contributed by atoms with Gasteiger partial charge in [-0.1, -0.05) is 0 Å². The van der Waals surface area contributed by atoms with E-state index >= 15 is 0 Å². The van der Waals surface area contributed by atoms with Crippen LogP contribution in [0.4, 0.5) is 0 Å². The smallest absolute Gasteiger partial charge is 0.679 e. The van der Waals surface area contributed by atoms with Crippen LogP contribution in [0, 0.1) is 0 Å². The first kappa shape index (κ1) is 23.5. The van der Waals surface area contributed by atoms with E-state index in [1.54, 1.807) is 0 Å². The van der Waals surface area contributed by atoms with Crippen LogP contribution in [-0.4, -0.2) is 38.5 Å². The zero-order valence-corrected chi connectivity index (χ0v) is 9.93. The average molecular weight is 245 g/mol. The summed E-state index contributed by atoms with van der Waals surface area (Å²) >= 11 is 3.10. The van der Waals surface area contributed by atoms with Crippen LogP contribution >= 0.6 is 0 Å². The Hall–Kier alpha value is 0.682. The van der Waals surface area contributed by atoms with E-state index in [1.807, 2.05) is 0 Å². The largest absolute Gasteiger partial charge is 3.00 e. The summed E-state index contributed by atoms with van der Waals surface area (Å²) in [5.41, 5.74) is 31.5. The molecule has 0 spiro atoms. The van der Waals surface area contributed by atoms with Crippen molar-refractivity contribution in [1.82, 2.24) is 0 Å². The molecule has 13 heavy (non-hydrogen) atoms. The fourth-order valence-electron chi connectivity index (χ4n) is 0. The number of nitrogens with one attached hydrogen (secondary N) is 5. The average Bonchev–Trinajstić information content (AvgIpc) is 2.18. The van der Waals surface area contributed by atoms with Crippen molar-refractivity contribution in [1.29, 1.82) is 0 Å². The first-order valence-corrected chi connectivity index (χ1v) is 4.33. The molecule has 0 rings (SSSR count). The molecule has 0 atom stereocenters. The van der Waals surface area contributed by atoms with Gasteiger partial charge < -0.3 is 28.7 Å². The van der Waals surface area contributed by atoms with E-state index in [2.05, 4.69) is 12.6 Å². The summed E-state index contributed by atoms with van der Waals surface area (Å²) in [6.07, 6.45) is 0. The molecule has 0 fully saturated rings. The Kier molecular flexibility index (Phi) is 70.0. The third kappa shape index (κ3) is 107. The first-order chi connectivity index (χ1) is 5.74. The van der Waals surface area contributed by atoms with Gasteiger partial charge in [0.1, 0.15) is 0 Å². The zero-order valence-electron chi connectivity index (χ0n) is 7.65. The molecule has 0 saturated carbocycles. The van der Waals surface area contributed by atoms with Crippen LogP contribution in [0.3, 0.4) is 0 Å². The van der Waals surface area contributed by atoms with Gasteiger partial charge in [0.2, 0.25) is 0 Å². The molecular weight excluding hydrogens is 226 g/mol. The zero-order chi connectivity index (χ0) is 10.2. The number of hydrogen-bond donors (Lipinski definition) is 0. The fraction of sp³-hybridized carbons (Fsp3) is 1.00. The van der Waals surface area contributed by atoms with E-state index in [-0.39, 0.29) is 43.5 Å². The molecule has 0 aliphatic carbocycles. The topological polar surface area (TPSA) is 119 Å². The van der Waals surface area contributed by atoms with Crippen molar-refractivity contribution in [2.45, 2.75) is 0 Å². The molecule has 5 nitrogen and oxygen atoms in total. The number of hydrogen-bond acceptors (Lipinski definition) is 0. The van der Waals surface area contributed by atoms with Crippen LogP contribution in [0.5, 0.6) is 0 Å². The molecule has 0 unspecified atom stereocenters. The van der Waals surface area contributed by atoms with Gasteiger partial charge in [-0.3, -0.25) is 0 Å². The fourth-order valence-corrected chi connectivity index (χ4v) is 0. The summed E-state index contributed by atoms with van der Waals surface area (Å²) < 4.78 is 0. The molecule has 0 aliphatic rings. The molecule has 0 heterocycles. The van der Waals surface area contributed by atoms with Crippen molar-refractivity contribution in [2.75, 3.05) is 38.5 Å². The van der Waals surface area contributed by atoms with E-state index in [0.29, 0.717) is 6.54 Å². The third-order valence-electron chi connectivity index (χ3n) is 0.375. The van der Waals surface area contributed by atoms with Gasteiger partial charge in [0.05, 0.1) is 5.75 Å². The minimum absolute atomic E-state index is 0. The van der Waals surface area contributed by atoms with Gasteiger partial charge >= 0.3 is 17.4 Å². The first-order valence-electron chi connectivity index (χ1n) is 3.62. The van der Waals surface area contributed by atoms with Crippen LogP contribution in [0.2, 0.25) is 0 Å². The molecule has 0 bridgehead atoms. The Morgan fingerprint density at radius 1 is 0.615 bits per heavy atom. The SMILES string of the molecule is [Cr+3].[NH-]CC[NH-].[NH-]CC[NH-].[NH-]CC[SH2+]. The van der Waals surface area contributed by atoms with Gasteiger partial charge in [0, 0.05) is 0 Å². The molecule has 0 aromatic heterocycles. The van der Waals surface area contributed by atoms with E-state index in [1.165, 1.54) is 0 Å². The monoisotopic (exact) mass is 245 g/mol. The van der Waals surface area contributed by atoms with Crippen LogP contribution in [0.25, 0.3) is 28.7 Å². The van der Waals surface area contributed by atoms with Crippen molar-refractivity contribution < 1.29 is 17.4 Å². The summed E-state index contributed by atoms with van der Waals surface area (Å²) in [7, 11) is 0. The predicted molar refractivity (Wildman–Crippen MR) is 61.0 cm³/mol. The van der Waals surface area contributed by atoms with Gasteiger partial charge in [-0.2, -0.15) is 26.2 Å². The predicted octanol–water partition coefficient (Wildman–Crippen LogP) is 2.23. The quantitative estimate of drug-likeness (QED) is 0.677. The normalized spacial score (nSPS) is 6.92. The van der Waals surface area contributed by atoms with Gasteiger partial charge in [-0.05, 0) is 12.6 Å². The Bertz CT molecular complexity index is 36.5. The molecule has 7 heteroatoms. The van der Waals surface area contributed by atoms with Crippen LogP contribution in [0.1, 0.15) is 0 Å². The van der Waals surface area contributed by atoms with Crippen molar-refractivity contribution >= 4 is 12.6 Å². The second-order valence-corrected chi connectivity index (χ2v) is 2.00. The summed E-state index contributed by atoms with van der Waals surface area (Å²) in [5.74, 6) is 0.792. The van der Waals surface area contributed by atoms with Crippen molar-refractivity contribution in [3.05, 3.63) is 28.7 Å². The molecule has 0 saturated heterocycles. The minimum Gasteiger partial charge on any atom is -0.679 e. The molecular formula is C6H19CrN5S-. The second kappa shape index (κ2) is 38.8. The molecule has 1 radical (unpaired) electrons. The van der Waals surface area contributed by atoms with Crippen LogP contribution in [-0.2, 0) is 30.0 Å². The van der Waals surface area contributed by atoms with Crippen LogP contribution < -0.4 is 0 Å². The summed E-state index contributed by atoms with van der Waals surface area (Å²) in [5, 5.41) is 0. The van der Waals surface area contributed by atoms with E-state index in [0.717, 1.165) is 5.75 Å². The van der Waals surface area contributed by atoms with Crippen molar-refractivity contribution in [2.24, 2.45) is 0 Å². The summed E-state index contributed by atoms with van der Waals surface area (Å²) in [6.45, 7) is 1.43. The Morgan fingerprint density at radius 2 is 0.769 bits per heavy atom. The molecule has 0 aromatic rings. The standard InChI is InChI=1S/2C2H6N2.C2H6NS.Cr/c3*3-1-2-4;/h3*3-4H,1-2H2;/q2*-2;-1;+3/p+1. The summed E-state index contributed by atoms with van der Waals surface area (Å²) in [4.78, 5) is 0. The van der Waals surface area contributed by atoms with E-state index in [4.69, 9.17) is 28.7 Å². The molecule has 0 aliphatic heterocycles. The number of rotatable bonds is 3. The van der Waals surface area contributed by atoms with Gasteiger partial charge in [0.25, 0.3) is 0 Å². The van der Waals surface area contributed by atoms with E-state index < -0.39 is 0 Å². The molecule has 0 amide bonds. The van der Waals surface area contributed by atoms with Gasteiger partial charge in [-0.25, -0.2) is 0 Å². The maximum Gasteiger partial charge on any atom is 3.00 e. The van der Waals surface area contributed by atoms with Crippen molar-refractivity contribution in [3.8, 4) is 0 Å². The van der Waals surface area contributed by atoms with E-state index in [9.17, 15) is 0 Å². The molecule has 0 aromatic carbocycles. The molecule has 5 N–H and O–H groups in total. The van der Waals surface area contributed by atoms with Crippen molar-refractivity contribution in [3.63, 3.8) is 0 Å². The maximum absolute atomic E-state index is 6.40. The molecule has 81 valence electrons. The Morgan fingerprint density at radius 3 is 0.769 bits per heavy atom. The van der Waals surface area contributed by atoms with Crippen LogP contribution in [0.15, 0.2) is 0 Å². The third-order valence-corrected chi connectivity index (χ3v) is 0.625. The Balaban J connectivity index is -0.0000000450. The summed E-state index contributed by atoms with van der Waals surface area (Å²) in [6, 6.07) is 0.